The molecule has 0 bridgehead atoms. The Morgan fingerprint density at radius 2 is 1.74 bits per heavy atom. The second-order valence-corrected chi connectivity index (χ2v) is 8.12. The summed E-state index contributed by atoms with van der Waals surface area (Å²) in [4.78, 5) is 0.110. The zero-order valence-corrected chi connectivity index (χ0v) is 13.6. The van der Waals surface area contributed by atoms with Gasteiger partial charge >= 0.3 is 0 Å². The van der Waals surface area contributed by atoms with Crippen molar-refractivity contribution in [2.24, 2.45) is 5.41 Å². The number of aliphatic hydroxyl groups is 1. The number of aliphatic hydroxyl groups excluding tert-OH is 1. The van der Waals surface area contributed by atoms with Gasteiger partial charge in [0, 0.05) is 10.9 Å². The highest BCUT2D eigenvalue weighted by molar-refractivity contribution is 7.92. The molecule has 0 radical (unpaired) electrons. The van der Waals surface area contributed by atoms with Crippen LogP contribution in [0.5, 0.6) is 0 Å². The summed E-state index contributed by atoms with van der Waals surface area (Å²) in [6.45, 7) is -0.499. The Kier molecular flexibility index (Phi) is 3.93. The van der Waals surface area contributed by atoms with E-state index in [9.17, 15) is 18.8 Å². The van der Waals surface area contributed by atoms with Crippen molar-refractivity contribution in [2.75, 3.05) is 6.61 Å². The van der Waals surface area contributed by atoms with Crippen LogP contribution < -0.4 is 0 Å². The first-order chi connectivity index (χ1) is 11.0. The van der Waals surface area contributed by atoms with Gasteiger partial charge in [0.05, 0.1) is 22.8 Å². The molecule has 1 fully saturated rings. The second kappa shape index (κ2) is 5.64. The summed E-state index contributed by atoms with van der Waals surface area (Å²) in [5, 5.41) is 18.7. The van der Waals surface area contributed by atoms with Crippen LogP contribution >= 0.6 is 11.6 Å². The van der Waals surface area contributed by atoms with E-state index in [4.69, 9.17) is 11.6 Å². The van der Waals surface area contributed by atoms with Crippen molar-refractivity contribution in [3.05, 3.63) is 65.2 Å². The first-order valence-electron chi connectivity index (χ1n) is 7.04. The molecule has 0 aromatic heterocycles. The molecular formula is C17H14ClNO3S. The number of nitriles is 1. The standard InChI is InChI=1S/C17H14ClNO3S/c18-13-6-8-14(9-7-13)23(21,22)16-15(17(16,10-19)11-20)12-4-2-1-3-5-12/h1-9,15-16,20H,11H2/t15-,16-,17+/m1/s1. The molecule has 2 aromatic carbocycles. The zero-order chi connectivity index (χ0) is 16.7. The van der Waals surface area contributed by atoms with Crippen LogP contribution in [0.15, 0.2) is 59.5 Å². The van der Waals surface area contributed by atoms with Gasteiger partial charge in [-0.05, 0) is 29.8 Å². The molecule has 0 aliphatic heterocycles. The van der Waals surface area contributed by atoms with Crippen LogP contribution in [0.4, 0.5) is 0 Å². The Morgan fingerprint density at radius 3 is 2.26 bits per heavy atom. The Balaban J connectivity index is 2.07. The minimum absolute atomic E-state index is 0.110. The van der Waals surface area contributed by atoms with Crippen LogP contribution in [0, 0.1) is 16.7 Å². The highest BCUT2D eigenvalue weighted by Gasteiger charge is 2.72. The van der Waals surface area contributed by atoms with Gasteiger partial charge in [-0.2, -0.15) is 5.26 Å². The Morgan fingerprint density at radius 1 is 1.13 bits per heavy atom. The molecule has 1 aliphatic rings. The summed E-state index contributed by atoms with van der Waals surface area (Å²) < 4.78 is 25.8. The lowest BCUT2D eigenvalue weighted by Gasteiger charge is -2.06. The Labute approximate surface area is 139 Å². The van der Waals surface area contributed by atoms with E-state index in [0.717, 1.165) is 5.56 Å². The van der Waals surface area contributed by atoms with Gasteiger partial charge < -0.3 is 5.11 Å². The first kappa shape index (κ1) is 16.0. The quantitative estimate of drug-likeness (QED) is 0.922. The molecular weight excluding hydrogens is 334 g/mol. The van der Waals surface area contributed by atoms with Crippen LogP contribution in [0.1, 0.15) is 11.5 Å². The largest absolute Gasteiger partial charge is 0.395 e. The molecule has 2 aromatic rings. The number of nitrogens with zero attached hydrogens (tertiary/aromatic N) is 1. The van der Waals surface area contributed by atoms with Gasteiger partial charge in [0.15, 0.2) is 9.84 Å². The molecule has 23 heavy (non-hydrogen) atoms. The number of hydrogen-bond donors (Lipinski definition) is 1. The molecule has 1 aliphatic carbocycles. The minimum atomic E-state index is -3.75. The van der Waals surface area contributed by atoms with Gasteiger partial charge in [-0.3, -0.25) is 0 Å². The summed E-state index contributed by atoms with van der Waals surface area (Å²) in [6, 6.07) is 16.9. The van der Waals surface area contributed by atoms with Crippen molar-refractivity contribution in [3.63, 3.8) is 0 Å². The minimum Gasteiger partial charge on any atom is -0.395 e. The van der Waals surface area contributed by atoms with Gasteiger partial charge in [0.25, 0.3) is 0 Å². The third-order valence-electron chi connectivity index (χ3n) is 4.36. The van der Waals surface area contributed by atoms with E-state index < -0.39 is 33.0 Å². The van der Waals surface area contributed by atoms with Crippen LogP contribution in [0.2, 0.25) is 5.02 Å². The molecule has 1 saturated carbocycles. The van der Waals surface area contributed by atoms with E-state index in [2.05, 4.69) is 0 Å². The SMILES string of the molecule is N#C[C@]1(CO)[C@H](c2ccccc2)[C@H]1S(=O)(=O)c1ccc(Cl)cc1. The lowest BCUT2D eigenvalue weighted by atomic mass is 10.0. The third kappa shape index (κ3) is 2.43. The fourth-order valence-electron chi connectivity index (χ4n) is 3.12. The van der Waals surface area contributed by atoms with Crippen LogP contribution in [0.3, 0.4) is 0 Å². The summed E-state index contributed by atoms with van der Waals surface area (Å²) in [5.41, 5.74) is -0.564. The van der Waals surface area contributed by atoms with E-state index in [1.54, 1.807) is 24.3 Å². The predicted octanol–water partition coefficient (Wildman–Crippen LogP) is 2.78. The van der Waals surface area contributed by atoms with E-state index in [-0.39, 0.29) is 4.90 Å². The van der Waals surface area contributed by atoms with Crippen molar-refractivity contribution >= 4 is 21.4 Å². The lowest BCUT2D eigenvalue weighted by Crippen LogP contribution is -2.18. The molecule has 3 atom stereocenters. The maximum Gasteiger partial charge on any atom is 0.183 e. The summed E-state index contributed by atoms with van der Waals surface area (Å²) >= 11 is 5.80. The smallest absolute Gasteiger partial charge is 0.183 e. The highest BCUT2D eigenvalue weighted by atomic mass is 35.5. The number of rotatable bonds is 4. The predicted molar refractivity (Wildman–Crippen MR) is 86.7 cm³/mol. The third-order valence-corrected chi connectivity index (χ3v) is 6.90. The normalized spacial score (nSPS) is 26.5. The number of benzene rings is 2. The van der Waals surface area contributed by atoms with Crippen LogP contribution in [-0.4, -0.2) is 25.4 Å². The molecule has 118 valence electrons. The topological polar surface area (TPSA) is 78.2 Å². The second-order valence-electron chi connectivity index (χ2n) is 5.62. The molecule has 6 heteroatoms. The van der Waals surface area contributed by atoms with E-state index >= 15 is 0 Å². The average Bonchev–Trinajstić information content (AvgIpc) is 3.27. The maximum atomic E-state index is 12.9. The van der Waals surface area contributed by atoms with Gasteiger partial charge in [-0.25, -0.2) is 8.42 Å². The molecule has 3 rings (SSSR count). The van der Waals surface area contributed by atoms with E-state index in [0.29, 0.717) is 5.02 Å². The molecule has 0 amide bonds. The van der Waals surface area contributed by atoms with Crippen molar-refractivity contribution < 1.29 is 13.5 Å². The monoisotopic (exact) mass is 347 g/mol. The lowest BCUT2D eigenvalue weighted by molar-refractivity contribution is 0.242. The molecule has 0 saturated heterocycles. The number of sulfone groups is 1. The molecule has 4 nitrogen and oxygen atoms in total. The van der Waals surface area contributed by atoms with Crippen molar-refractivity contribution in [1.29, 1.82) is 5.26 Å². The number of hydrogen-bond acceptors (Lipinski definition) is 4. The fraction of sp³-hybridized carbons (Fsp3) is 0.235. The molecule has 0 heterocycles. The molecule has 1 N–H and O–H groups in total. The Bertz CT molecular complexity index is 859. The van der Waals surface area contributed by atoms with E-state index in [1.165, 1.54) is 24.3 Å². The van der Waals surface area contributed by atoms with Gasteiger partial charge in [-0.1, -0.05) is 41.9 Å². The van der Waals surface area contributed by atoms with E-state index in [1.807, 2.05) is 12.1 Å². The summed E-state index contributed by atoms with van der Waals surface area (Å²) in [7, 11) is -3.75. The number of halogens is 1. The molecule has 0 unspecified atom stereocenters. The van der Waals surface area contributed by atoms with Crippen molar-refractivity contribution in [2.45, 2.75) is 16.1 Å². The molecule has 0 spiro atoms. The van der Waals surface area contributed by atoms with Gasteiger partial charge in [0.2, 0.25) is 0 Å². The average molecular weight is 348 g/mol. The van der Waals surface area contributed by atoms with Crippen LogP contribution in [-0.2, 0) is 9.84 Å². The highest BCUT2D eigenvalue weighted by Crippen LogP contribution is 2.63. The van der Waals surface area contributed by atoms with Crippen LogP contribution in [0.25, 0.3) is 0 Å². The van der Waals surface area contributed by atoms with Gasteiger partial charge in [-0.15, -0.1) is 0 Å². The van der Waals surface area contributed by atoms with Crippen molar-refractivity contribution in [1.82, 2.24) is 0 Å². The fourth-order valence-corrected chi connectivity index (χ4v) is 5.56. The zero-order valence-electron chi connectivity index (χ0n) is 12.1. The van der Waals surface area contributed by atoms with Crippen molar-refractivity contribution in [3.8, 4) is 6.07 Å². The first-order valence-corrected chi connectivity index (χ1v) is 8.96. The van der Waals surface area contributed by atoms with Gasteiger partial charge in [0.1, 0.15) is 5.41 Å². The summed E-state index contributed by atoms with van der Waals surface area (Å²) in [6.07, 6.45) is 0. The Hall–Kier alpha value is -1.87. The maximum absolute atomic E-state index is 12.9. The summed E-state index contributed by atoms with van der Waals surface area (Å²) in [5.74, 6) is -0.542.